The number of hydrogen-bond donors (Lipinski definition) is 1. The van der Waals surface area contributed by atoms with Crippen LogP contribution in [0.2, 0.25) is 0 Å². The number of anilines is 1. The highest BCUT2D eigenvalue weighted by atomic mass is 35.5. The van der Waals surface area contributed by atoms with Crippen LogP contribution in [0.25, 0.3) is 10.2 Å². The lowest BCUT2D eigenvalue weighted by Crippen LogP contribution is -2.22. The zero-order chi connectivity index (χ0) is 18.2. The molecule has 1 fully saturated rings. The molecule has 1 aliphatic carbocycles. The molecule has 8 heteroatoms. The molecule has 4 nitrogen and oxygen atoms in total. The van der Waals surface area contributed by atoms with E-state index in [4.69, 9.17) is 27.9 Å². The number of alkyl halides is 2. The summed E-state index contributed by atoms with van der Waals surface area (Å²) in [4.78, 5) is 16.7. The summed E-state index contributed by atoms with van der Waals surface area (Å²) in [5.74, 6) is 0.480. The Morgan fingerprint density at radius 3 is 2.88 bits per heavy atom. The number of amides is 1. The van der Waals surface area contributed by atoms with Gasteiger partial charge in [-0.15, -0.1) is 34.5 Å². The lowest BCUT2D eigenvalue weighted by Gasteiger charge is -2.21. The molecule has 1 aromatic carbocycles. The number of thioether (sulfide) groups is 1. The van der Waals surface area contributed by atoms with Gasteiger partial charge in [0.1, 0.15) is 4.33 Å². The molecule has 2 aromatic rings. The minimum atomic E-state index is -0.904. The van der Waals surface area contributed by atoms with Crippen LogP contribution in [0, 0.1) is 5.92 Å². The zero-order valence-corrected chi connectivity index (χ0v) is 17.4. The van der Waals surface area contributed by atoms with E-state index in [1.807, 2.05) is 18.2 Å². The molecule has 0 bridgehead atoms. The van der Waals surface area contributed by atoms with E-state index < -0.39 is 4.33 Å². The van der Waals surface area contributed by atoms with Crippen LogP contribution >= 0.6 is 46.3 Å². The van der Waals surface area contributed by atoms with Crippen LogP contribution in [0.15, 0.2) is 22.5 Å². The third kappa shape index (κ3) is 4.80. The van der Waals surface area contributed by atoms with E-state index in [9.17, 15) is 4.79 Å². The number of benzene rings is 1. The molecule has 3 rings (SSSR count). The smallest absolute Gasteiger partial charge is 0.230 e. The maximum Gasteiger partial charge on any atom is 0.230 e. The second-order valence-corrected chi connectivity index (χ2v) is 10.6. The molecule has 136 valence electrons. The Morgan fingerprint density at radius 2 is 2.24 bits per heavy atom. The number of nitrogens with zero attached hydrogens (tertiary/aromatic N) is 1. The molecule has 0 saturated heterocycles. The summed E-state index contributed by atoms with van der Waals surface area (Å²) < 4.78 is 6.60. The molecule has 1 aromatic heterocycles. The van der Waals surface area contributed by atoms with Crippen molar-refractivity contribution in [1.82, 2.24) is 4.98 Å². The third-order valence-electron chi connectivity index (χ3n) is 4.26. The van der Waals surface area contributed by atoms with Gasteiger partial charge in [0.25, 0.3) is 0 Å². The molecule has 1 heterocycles. The van der Waals surface area contributed by atoms with Crippen molar-refractivity contribution in [2.75, 3.05) is 18.2 Å². The van der Waals surface area contributed by atoms with Crippen molar-refractivity contribution < 1.29 is 9.53 Å². The molecular weight excluding hydrogens is 399 g/mol. The number of nitrogens with one attached hydrogen (secondary N) is 1. The Hall–Kier alpha value is -0.530. The maximum atomic E-state index is 12.1. The van der Waals surface area contributed by atoms with Gasteiger partial charge in [0.15, 0.2) is 4.34 Å². The molecule has 1 saturated carbocycles. The van der Waals surface area contributed by atoms with Gasteiger partial charge in [-0.3, -0.25) is 4.79 Å². The van der Waals surface area contributed by atoms with Crippen molar-refractivity contribution >= 4 is 68.1 Å². The Morgan fingerprint density at radius 1 is 1.52 bits per heavy atom. The molecule has 0 aliphatic heterocycles. The lowest BCUT2D eigenvalue weighted by molar-refractivity contribution is -0.117. The minimum absolute atomic E-state index is 0.121. The molecule has 25 heavy (non-hydrogen) atoms. The highest BCUT2D eigenvalue weighted by Crippen LogP contribution is 2.53. The first-order chi connectivity index (χ1) is 11.7. The molecule has 1 N–H and O–H groups in total. The molecule has 0 radical (unpaired) electrons. The number of halogens is 2. The van der Waals surface area contributed by atoms with Crippen LogP contribution in [0.1, 0.15) is 26.7 Å². The van der Waals surface area contributed by atoms with Gasteiger partial charge < -0.3 is 10.1 Å². The number of rotatable bonds is 7. The maximum absolute atomic E-state index is 12.1. The van der Waals surface area contributed by atoms with Gasteiger partial charge in [0, 0.05) is 18.6 Å². The Balaban J connectivity index is 1.62. The second-order valence-electron chi connectivity index (χ2n) is 6.73. The first-order valence-electron chi connectivity index (χ1n) is 7.97. The van der Waals surface area contributed by atoms with Crippen molar-refractivity contribution in [3.05, 3.63) is 18.2 Å². The fourth-order valence-corrected chi connectivity index (χ4v) is 5.19. The number of hydrogen-bond acceptors (Lipinski definition) is 5. The SMILES string of the molecule is COC(C)(C)CCSc1nc2ccc(NC(=O)C3CC3(Cl)Cl)cc2s1. The van der Waals surface area contributed by atoms with Crippen molar-refractivity contribution in [2.24, 2.45) is 5.92 Å². The van der Waals surface area contributed by atoms with Gasteiger partial charge in [-0.2, -0.15) is 0 Å². The van der Waals surface area contributed by atoms with Gasteiger partial charge in [0.05, 0.1) is 21.7 Å². The quantitative estimate of drug-likeness (QED) is 0.487. The summed E-state index contributed by atoms with van der Waals surface area (Å²) in [7, 11) is 1.73. The number of aromatic nitrogens is 1. The molecular formula is C17H20Cl2N2O2S2. The van der Waals surface area contributed by atoms with Crippen LogP contribution in [-0.4, -0.2) is 33.7 Å². The van der Waals surface area contributed by atoms with E-state index >= 15 is 0 Å². The van der Waals surface area contributed by atoms with E-state index in [0.29, 0.717) is 6.42 Å². The van der Waals surface area contributed by atoms with E-state index in [-0.39, 0.29) is 17.4 Å². The summed E-state index contributed by atoms with van der Waals surface area (Å²) in [6.45, 7) is 4.16. The van der Waals surface area contributed by atoms with Crippen LogP contribution in [0.4, 0.5) is 5.69 Å². The third-order valence-corrected chi connectivity index (χ3v) is 7.26. The highest BCUT2D eigenvalue weighted by Gasteiger charge is 2.56. The normalized spacial score (nSPS) is 19.2. The molecule has 1 unspecified atom stereocenters. The van der Waals surface area contributed by atoms with Crippen molar-refractivity contribution in [2.45, 2.75) is 41.0 Å². The van der Waals surface area contributed by atoms with Crippen LogP contribution in [-0.2, 0) is 9.53 Å². The monoisotopic (exact) mass is 418 g/mol. The fraction of sp³-hybridized carbons (Fsp3) is 0.529. The Bertz CT molecular complexity index is 792. The fourth-order valence-electron chi connectivity index (χ4n) is 2.26. The van der Waals surface area contributed by atoms with Crippen molar-refractivity contribution in [1.29, 1.82) is 0 Å². The van der Waals surface area contributed by atoms with Crippen LogP contribution < -0.4 is 5.32 Å². The van der Waals surface area contributed by atoms with Crippen LogP contribution in [0.5, 0.6) is 0 Å². The standard InChI is InChI=1S/C17H20Cl2N2O2S2/c1-16(2,23-3)6-7-24-15-21-12-5-4-10(8-13(12)25-15)20-14(22)11-9-17(11,18)19/h4-5,8,11H,6-7,9H2,1-3H3,(H,20,22). The minimum Gasteiger partial charge on any atom is -0.379 e. The number of fused-ring (bicyclic) bond motifs is 1. The Labute approximate surface area is 165 Å². The number of carbonyl (C=O) groups is 1. The van der Waals surface area contributed by atoms with E-state index in [2.05, 4.69) is 24.1 Å². The Kier molecular flexibility index (Phi) is 5.57. The summed E-state index contributed by atoms with van der Waals surface area (Å²) in [6.07, 6.45) is 1.45. The average Bonchev–Trinajstić information content (AvgIpc) is 3.00. The van der Waals surface area contributed by atoms with Gasteiger partial charge >= 0.3 is 0 Å². The van der Waals surface area contributed by atoms with Crippen molar-refractivity contribution in [3.63, 3.8) is 0 Å². The van der Waals surface area contributed by atoms with E-state index in [1.54, 1.807) is 30.2 Å². The van der Waals surface area contributed by atoms with Gasteiger partial charge in [-0.05, 0) is 44.9 Å². The largest absolute Gasteiger partial charge is 0.379 e. The predicted molar refractivity (Wildman–Crippen MR) is 107 cm³/mol. The van der Waals surface area contributed by atoms with Gasteiger partial charge in [-0.1, -0.05) is 11.8 Å². The molecule has 1 atom stereocenters. The number of methoxy groups -OCH3 is 1. The number of ether oxygens (including phenoxy) is 1. The van der Waals surface area contributed by atoms with Crippen LogP contribution in [0.3, 0.4) is 0 Å². The van der Waals surface area contributed by atoms with E-state index in [0.717, 1.165) is 32.4 Å². The van der Waals surface area contributed by atoms with Crippen molar-refractivity contribution in [3.8, 4) is 0 Å². The average molecular weight is 419 g/mol. The first-order valence-corrected chi connectivity index (χ1v) is 10.5. The summed E-state index contributed by atoms with van der Waals surface area (Å²) >= 11 is 15.2. The first kappa shape index (κ1) is 19.2. The zero-order valence-electron chi connectivity index (χ0n) is 14.3. The van der Waals surface area contributed by atoms with E-state index in [1.165, 1.54) is 0 Å². The van der Waals surface area contributed by atoms with Gasteiger partial charge in [-0.25, -0.2) is 4.98 Å². The molecule has 1 amide bonds. The summed E-state index contributed by atoms with van der Waals surface area (Å²) in [5.41, 5.74) is 1.56. The summed E-state index contributed by atoms with van der Waals surface area (Å²) in [6, 6.07) is 5.72. The highest BCUT2D eigenvalue weighted by molar-refractivity contribution is 8.01. The predicted octanol–water partition coefficient (Wildman–Crippen LogP) is 5.34. The lowest BCUT2D eigenvalue weighted by atomic mass is 10.1. The second kappa shape index (κ2) is 7.24. The number of carbonyl (C=O) groups excluding carboxylic acids is 1. The molecule has 1 aliphatic rings. The topological polar surface area (TPSA) is 51.2 Å². The molecule has 0 spiro atoms. The number of thiazole rings is 1. The van der Waals surface area contributed by atoms with Gasteiger partial charge in [0.2, 0.25) is 5.91 Å². The summed E-state index contributed by atoms with van der Waals surface area (Å²) in [5, 5.41) is 2.88.